The zero-order chi connectivity index (χ0) is 13.1. The Morgan fingerprint density at radius 2 is 2.29 bits per heavy atom. The smallest absolute Gasteiger partial charge is 0.411 e. The molecule has 1 saturated heterocycles. The van der Waals surface area contributed by atoms with Crippen molar-refractivity contribution in [2.45, 2.75) is 38.8 Å². The highest BCUT2D eigenvalue weighted by atomic mass is 16.6. The molecule has 0 aromatic rings. The maximum Gasteiger partial charge on any atom is 0.411 e. The van der Waals surface area contributed by atoms with Crippen LogP contribution in [0, 0.1) is 0 Å². The Labute approximate surface area is 102 Å². The highest BCUT2D eigenvalue weighted by Crippen LogP contribution is 2.15. The van der Waals surface area contributed by atoms with E-state index in [9.17, 15) is 9.59 Å². The van der Waals surface area contributed by atoms with Crippen LogP contribution < -0.4 is 5.32 Å². The first-order chi connectivity index (χ1) is 7.83. The van der Waals surface area contributed by atoms with Crippen LogP contribution in [0.4, 0.5) is 4.79 Å². The zero-order valence-corrected chi connectivity index (χ0v) is 10.7. The monoisotopic (exact) mass is 240 g/mol. The van der Waals surface area contributed by atoms with Gasteiger partial charge in [-0.15, -0.1) is 6.58 Å². The Balaban J connectivity index is 2.71. The SMILES string of the molecule is C=CCC1CNC(=O)CN1C(=O)OC(C)(C)C. The van der Waals surface area contributed by atoms with Crippen LogP contribution in [-0.4, -0.2) is 41.6 Å². The number of nitrogens with one attached hydrogen (secondary N) is 1. The Morgan fingerprint density at radius 3 is 2.82 bits per heavy atom. The summed E-state index contributed by atoms with van der Waals surface area (Å²) in [5, 5.41) is 2.73. The third kappa shape index (κ3) is 4.09. The van der Waals surface area contributed by atoms with Crippen molar-refractivity contribution in [1.29, 1.82) is 0 Å². The molecule has 0 spiro atoms. The van der Waals surface area contributed by atoms with Gasteiger partial charge in [0.2, 0.25) is 5.91 Å². The van der Waals surface area contributed by atoms with E-state index in [1.54, 1.807) is 26.8 Å². The third-order valence-corrected chi connectivity index (χ3v) is 2.36. The largest absolute Gasteiger partial charge is 0.444 e. The molecule has 0 bridgehead atoms. The van der Waals surface area contributed by atoms with Crippen molar-refractivity contribution in [3.63, 3.8) is 0 Å². The minimum atomic E-state index is -0.552. The second-order valence-electron chi connectivity index (χ2n) is 5.09. The minimum Gasteiger partial charge on any atom is -0.444 e. The predicted octanol–water partition coefficient (Wildman–Crippen LogP) is 1.30. The van der Waals surface area contributed by atoms with E-state index in [-0.39, 0.29) is 18.5 Å². The highest BCUT2D eigenvalue weighted by Gasteiger charge is 2.32. The first-order valence-electron chi connectivity index (χ1n) is 5.70. The molecule has 0 aromatic carbocycles. The fraction of sp³-hybridized carbons (Fsp3) is 0.667. The van der Waals surface area contributed by atoms with Gasteiger partial charge in [-0.3, -0.25) is 9.69 Å². The lowest BCUT2D eigenvalue weighted by atomic mass is 10.1. The molecule has 5 heteroatoms. The van der Waals surface area contributed by atoms with Crippen molar-refractivity contribution < 1.29 is 14.3 Å². The standard InChI is InChI=1S/C12H20N2O3/c1-5-6-9-7-13-10(15)8-14(9)11(16)17-12(2,3)4/h5,9H,1,6-8H2,2-4H3,(H,13,15). The van der Waals surface area contributed by atoms with Gasteiger partial charge in [0, 0.05) is 6.54 Å². The van der Waals surface area contributed by atoms with Crippen LogP contribution in [0.2, 0.25) is 0 Å². The first-order valence-corrected chi connectivity index (χ1v) is 5.70. The van der Waals surface area contributed by atoms with Crippen molar-refractivity contribution in [3.8, 4) is 0 Å². The molecule has 1 rings (SSSR count). The summed E-state index contributed by atoms with van der Waals surface area (Å²) in [5.74, 6) is -0.156. The van der Waals surface area contributed by atoms with Gasteiger partial charge in [0.05, 0.1) is 6.04 Å². The molecule has 1 heterocycles. The van der Waals surface area contributed by atoms with Crippen LogP contribution in [0.3, 0.4) is 0 Å². The Kier molecular flexibility index (Phi) is 4.15. The molecule has 1 atom stereocenters. The molecular formula is C12H20N2O3. The Bertz CT molecular complexity index is 320. The molecule has 1 fully saturated rings. The first kappa shape index (κ1) is 13.5. The van der Waals surface area contributed by atoms with Gasteiger partial charge in [-0.1, -0.05) is 6.08 Å². The molecule has 0 aromatic heterocycles. The van der Waals surface area contributed by atoms with Crippen molar-refractivity contribution >= 4 is 12.0 Å². The van der Waals surface area contributed by atoms with Gasteiger partial charge in [-0.05, 0) is 27.2 Å². The number of nitrogens with zero attached hydrogens (tertiary/aromatic N) is 1. The molecular weight excluding hydrogens is 220 g/mol. The fourth-order valence-electron chi connectivity index (χ4n) is 1.62. The maximum atomic E-state index is 11.9. The number of carbonyl (C=O) groups excluding carboxylic acids is 2. The van der Waals surface area contributed by atoms with E-state index < -0.39 is 11.7 Å². The van der Waals surface area contributed by atoms with Gasteiger partial charge >= 0.3 is 6.09 Å². The molecule has 5 nitrogen and oxygen atoms in total. The summed E-state index contributed by atoms with van der Waals surface area (Å²) >= 11 is 0. The van der Waals surface area contributed by atoms with Crippen molar-refractivity contribution in [1.82, 2.24) is 10.2 Å². The summed E-state index contributed by atoms with van der Waals surface area (Å²) in [4.78, 5) is 24.7. The lowest BCUT2D eigenvalue weighted by molar-refractivity contribution is -0.125. The molecule has 2 amide bonds. The Hall–Kier alpha value is -1.52. The van der Waals surface area contributed by atoms with E-state index in [2.05, 4.69) is 11.9 Å². The zero-order valence-electron chi connectivity index (χ0n) is 10.7. The fourth-order valence-corrected chi connectivity index (χ4v) is 1.62. The molecule has 0 aliphatic carbocycles. The van der Waals surface area contributed by atoms with Crippen LogP contribution in [0.25, 0.3) is 0 Å². The highest BCUT2D eigenvalue weighted by molar-refractivity contribution is 5.83. The van der Waals surface area contributed by atoms with E-state index in [0.717, 1.165) is 0 Å². The number of hydrogen-bond acceptors (Lipinski definition) is 3. The van der Waals surface area contributed by atoms with E-state index in [0.29, 0.717) is 13.0 Å². The van der Waals surface area contributed by atoms with Crippen LogP contribution in [-0.2, 0) is 9.53 Å². The van der Waals surface area contributed by atoms with Crippen molar-refractivity contribution in [3.05, 3.63) is 12.7 Å². The van der Waals surface area contributed by atoms with Gasteiger partial charge in [0.1, 0.15) is 12.1 Å². The summed E-state index contributed by atoms with van der Waals surface area (Å²) in [6.07, 6.45) is 1.93. The number of hydrogen-bond donors (Lipinski definition) is 1. The van der Waals surface area contributed by atoms with Gasteiger partial charge in [0.15, 0.2) is 0 Å². The third-order valence-electron chi connectivity index (χ3n) is 2.36. The molecule has 1 aliphatic heterocycles. The van der Waals surface area contributed by atoms with Crippen molar-refractivity contribution in [2.24, 2.45) is 0 Å². The topological polar surface area (TPSA) is 58.6 Å². The van der Waals surface area contributed by atoms with Crippen LogP contribution in [0.1, 0.15) is 27.2 Å². The lowest BCUT2D eigenvalue weighted by Crippen LogP contribution is -2.57. The summed E-state index contributed by atoms with van der Waals surface area (Å²) in [7, 11) is 0. The molecule has 0 radical (unpaired) electrons. The molecule has 1 aliphatic rings. The van der Waals surface area contributed by atoms with Crippen LogP contribution in [0.15, 0.2) is 12.7 Å². The summed E-state index contributed by atoms with van der Waals surface area (Å²) in [6.45, 7) is 9.56. The normalized spacial score (nSPS) is 20.8. The summed E-state index contributed by atoms with van der Waals surface area (Å²) in [5.41, 5.74) is -0.552. The molecule has 0 saturated carbocycles. The van der Waals surface area contributed by atoms with Crippen LogP contribution in [0.5, 0.6) is 0 Å². The van der Waals surface area contributed by atoms with E-state index in [4.69, 9.17) is 4.74 Å². The summed E-state index contributed by atoms with van der Waals surface area (Å²) < 4.78 is 5.27. The quantitative estimate of drug-likeness (QED) is 0.740. The number of ether oxygens (including phenoxy) is 1. The van der Waals surface area contributed by atoms with Gasteiger partial charge in [0.25, 0.3) is 0 Å². The average Bonchev–Trinajstić information content (AvgIpc) is 2.18. The van der Waals surface area contributed by atoms with Gasteiger partial charge < -0.3 is 10.1 Å². The van der Waals surface area contributed by atoms with Gasteiger partial charge in [-0.25, -0.2) is 4.79 Å². The maximum absolute atomic E-state index is 11.9. The van der Waals surface area contributed by atoms with E-state index in [1.165, 1.54) is 4.90 Å². The molecule has 1 unspecified atom stereocenters. The Morgan fingerprint density at radius 1 is 1.65 bits per heavy atom. The van der Waals surface area contributed by atoms with E-state index >= 15 is 0 Å². The average molecular weight is 240 g/mol. The van der Waals surface area contributed by atoms with Crippen LogP contribution >= 0.6 is 0 Å². The second-order valence-corrected chi connectivity index (χ2v) is 5.09. The van der Waals surface area contributed by atoms with Crippen molar-refractivity contribution in [2.75, 3.05) is 13.1 Å². The minimum absolute atomic E-state index is 0.0490. The number of piperazine rings is 1. The van der Waals surface area contributed by atoms with Gasteiger partial charge in [-0.2, -0.15) is 0 Å². The van der Waals surface area contributed by atoms with E-state index in [1.807, 2.05) is 0 Å². The predicted molar refractivity (Wildman–Crippen MR) is 64.6 cm³/mol. The number of rotatable bonds is 2. The lowest BCUT2D eigenvalue weighted by Gasteiger charge is -2.36. The molecule has 96 valence electrons. The number of carbonyl (C=O) groups is 2. The molecule has 17 heavy (non-hydrogen) atoms. The number of amides is 2. The second kappa shape index (κ2) is 5.21. The molecule has 1 N–H and O–H groups in total. The summed E-state index contributed by atoms with van der Waals surface area (Å²) in [6, 6.07) is -0.0694.